The summed E-state index contributed by atoms with van der Waals surface area (Å²) in [5, 5.41) is 2.23. The summed E-state index contributed by atoms with van der Waals surface area (Å²) in [6, 6.07) is 16.9. The summed E-state index contributed by atoms with van der Waals surface area (Å²) in [5.41, 5.74) is 5.59. The summed E-state index contributed by atoms with van der Waals surface area (Å²) >= 11 is 1.74. The second kappa shape index (κ2) is 4.64. The Morgan fingerprint density at radius 2 is 1.67 bits per heavy atom. The summed E-state index contributed by atoms with van der Waals surface area (Å²) in [5.74, 6) is 0. The maximum absolute atomic E-state index is 4.75. The van der Waals surface area contributed by atoms with Crippen LogP contribution in [0.1, 0.15) is 11.3 Å². The molecule has 0 spiro atoms. The van der Waals surface area contributed by atoms with Crippen molar-refractivity contribution in [2.75, 3.05) is 0 Å². The zero-order chi connectivity index (χ0) is 14.4. The van der Waals surface area contributed by atoms with Crippen LogP contribution in [0.3, 0.4) is 0 Å². The molecule has 4 aromatic rings. The quantitative estimate of drug-likeness (QED) is 0.486. The van der Waals surface area contributed by atoms with Crippen molar-refractivity contribution in [3.63, 3.8) is 0 Å². The van der Waals surface area contributed by atoms with Gasteiger partial charge >= 0.3 is 0 Å². The second-order valence-corrected chi connectivity index (χ2v) is 6.38. The van der Waals surface area contributed by atoms with E-state index in [1.54, 1.807) is 11.3 Å². The minimum absolute atomic E-state index is 1.04. The van der Waals surface area contributed by atoms with Crippen LogP contribution in [0, 0.1) is 13.8 Å². The molecule has 0 aliphatic heterocycles. The summed E-state index contributed by atoms with van der Waals surface area (Å²) < 4.78 is 1.24. The van der Waals surface area contributed by atoms with Crippen molar-refractivity contribution in [3.8, 4) is 10.6 Å². The number of aryl methyl sites for hydroxylation is 2. The number of hydrogen-bond donors (Lipinski definition) is 0. The normalized spacial score (nSPS) is 11.3. The molecule has 0 saturated carbocycles. The minimum Gasteiger partial charge on any atom is -0.253 e. The van der Waals surface area contributed by atoms with E-state index in [0.29, 0.717) is 0 Å². The molecule has 0 saturated heterocycles. The molecule has 0 bridgehead atoms. The van der Waals surface area contributed by atoms with E-state index in [9.17, 15) is 0 Å². The second-order valence-electron chi connectivity index (χ2n) is 5.35. The highest BCUT2D eigenvalue weighted by Crippen LogP contribution is 2.32. The molecule has 0 fully saturated rings. The highest BCUT2D eigenvalue weighted by molar-refractivity contribution is 7.21. The molecule has 0 aliphatic rings. The Balaban J connectivity index is 1.89. The van der Waals surface area contributed by atoms with E-state index in [2.05, 4.69) is 54.4 Å². The third-order valence-corrected chi connectivity index (χ3v) is 4.69. The Kier molecular flexibility index (Phi) is 2.76. The molecule has 3 heteroatoms. The first-order valence-electron chi connectivity index (χ1n) is 6.94. The van der Waals surface area contributed by atoms with Crippen LogP contribution in [0.2, 0.25) is 0 Å². The third-order valence-electron chi connectivity index (χ3n) is 3.62. The van der Waals surface area contributed by atoms with Crippen LogP contribution in [0.25, 0.3) is 31.7 Å². The summed E-state index contributed by atoms with van der Waals surface area (Å²) in [6.45, 7) is 4.13. The van der Waals surface area contributed by atoms with Gasteiger partial charge in [0.1, 0.15) is 5.01 Å². The van der Waals surface area contributed by atoms with Crippen LogP contribution in [-0.4, -0.2) is 9.97 Å². The third kappa shape index (κ3) is 2.20. The fraction of sp³-hybridized carbons (Fsp3) is 0.111. The Hall–Kier alpha value is -2.26. The van der Waals surface area contributed by atoms with Crippen LogP contribution >= 0.6 is 11.3 Å². The molecular formula is C18H14N2S. The van der Waals surface area contributed by atoms with Gasteiger partial charge < -0.3 is 0 Å². The lowest BCUT2D eigenvalue weighted by molar-refractivity contribution is 1.26. The summed E-state index contributed by atoms with van der Waals surface area (Å²) in [7, 11) is 0. The van der Waals surface area contributed by atoms with Gasteiger partial charge in [-0.3, -0.25) is 4.98 Å². The van der Waals surface area contributed by atoms with E-state index < -0.39 is 0 Å². The van der Waals surface area contributed by atoms with Gasteiger partial charge in [0.05, 0.1) is 15.7 Å². The zero-order valence-corrected chi connectivity index (χ0v) is 12.7. The van der Waals surface area contributed by atoms with Gasteiger partial charge in [0, 0.05) is 16.6 Å². The summed E-state index contributed by atoms with van der Waals surface area (Å²) in [6.07, 6.45) is 0. The van der Waals surface area contributed by atoms with Gasteiger partial charge in [-0.25, -0.2) is 4.98 Å². The lowest BCUT2D eigenvalue weighted by Crippen LogP contribution is -1.84. The maximum Gasteiger partial charge on any atom is 0.124 e. The van der Waals surface area contributed by atoms with Gasteiger partial charge in [0.25, 0.3) is 0 Å². The smallest absolute Gasteiger partial charge is 0.124 e. The van der Waals surface area contributed by atoms with Crippen LogP contribution < -0.4 is 0 Å². The number of fused-ring (bicyclic) bond motifs is 2. The first-order valence-corrected chi connectivity index (χ1v) is 7.76. The highest BCUT2D eigenvalue weighted by Gasteiger charge is 2.07. The Morgan fingerprint density at radius 1 is 0.810 bits per heavy atom. The lowest BCUT2D eigenvalue weighted by atomic mass is 10.1. The zero-order valence-electron chi connectivity index (χ0n) is 11.9. The number of rotatable bonds is 1. The van der Waals surface area contributed by atoms with Crippen LogP contribution in [0.5, 0.6) is 0 Å². The fourth-order valence-corrected chi connectivity index (χ4v) is 3.58. The van der Waals surface area contributed by atoms with Gasteiger partial charge in [-0.05, 0) is 55.8 Å². The predicted octanol–water partition coefficient (Wildman–Crippen LogP) is 5.13. The van der Waals surface area contributed by atoms with Crippen LogP contribution in [-0.2, 0) is 0 Å². The Morgan fingerprint density at radius 3 is 2.57 bits per heavy atom. The highest BCUT2D eigenvalue weighted by atomic mass is 32.1. The standard InChI is InChI=1S/C18H14N2S/c1-11-3-7-16-17(9-11)21-18(20-16)14-6-8-15-13(10-14)5-4-12(2)19-15/h3-10H,1-2H3. The van der Waals surface area contributed by atoms with E-state index in [1.165, 1.54) is 10.3 Å². The first kappa shape index (κ1) is 12.5. The molecule has 2 heterocycles. The molecule has 0 radical (unpaired) electrons. The van der Waals surface area contributed by atoms with E-state index in [1.807, 2.05) is 13.0 Å². The average molecular weight is 290 g/mol. The number of nitrogens with zero attached hydrogens (tertiary/aromatic N) is 2. The molecule has 102 valence electrons. The topological polar surface area (TPSA) is 25.8 Å². The number of pyridine rings is 1. The summed E-state index contributed by atoms with van der Waals surface area (Å²) in [4.78, 5) is 9.29. The van der Waals surface area contributed by atoms with Gasteiger partial charge in [0.2, 0.25) is 0 Å². The maximum atomic E-state index is 4.75. The van der Waals surface area contributed by atoms with Crippen molar-refractivity contribution >= 4 is 32.5 Å². The van der Waals surface area contributed by atoms with Crippen molar-refractivity contribution in [2.24, 2.45) is 0 Å². The van der Waals surface area contributed by atoms with Crippen molar-refractivity contribution < 1.29 is 0 Å². The van der Waals surface area contributed by atoms with E-state index in [-0.39, 0.29) is 0 Å². The first-order chi connectivity index (χ1) is 10.2. The lowest BCUT2D eigenvalue weighted by Gasteiger charge is -2.01. The largest absolute Gasteiger partial charge is 0.253 e. The number of aromatic nitrogens is 2. The van der Waals surface area contributed by atoms with Gasteiger partial charge in [0.15, 0.2) is 0 Å². The average Bonchev–Trinajstić information content (AvgIpc) is 2.89. The van der Waals surface area contributed by atoms with E-state index in [0.717, 1.165) is 32.7 Å². The molecular weight excluding hydrogens is 276 g/mol. The van der Waals surface area contributed by atoms with Crippen LogP contribution in [0.4, 0.5) is 0 Å². The molecule has 2 aromatic carbocycles. The molecule has 2 nitrogen and oxygen atoms in total. The number of thiazole rings is 1. The molecule has 21 heavy (non-hydrogen) atoms. The number of benzene rings is 2. The number of hydrogen-bond acceptors (Lipinski definition) is 3. The molecule has 0 unspecified atom stereocenters. The molecule has 0 N–H and O–H groups in total. The SMILES string of the molecule is Cc1ccc2nc(-c3ccc4nc(C)ccc4c3)sc2c1. The Bertz CT molecular complexity index is 969. The minimum atomic E-state index is 1.04. The Labute approximate surface area is 127 Å². The van der Waals surface area contributed by atoms with Gasteiger partial charge in [-0.15, -0.1) is 11.3 Å². The van der Waals surface area contributed by atoms with Crippen molar-refractivity contribution in [1.29, 1.82) is 0 Å². The molecule has 0 amide bonds. The van der Waals surface area contributed by atoms with Gasteiger partial charge in [-0.2, -0.15) is 0 Å². The van der Waals surface area contributed by atoms with E-state index >= 15 is 0 Å². The fourth-order valence-electron chi connectivity index (χ4n) is 2.52. The molecule has 4 rings (SSSR count). The monoisotopic (exact) mass is 290 g/mol. The predicted molar refractivity (Wildman–Crippen MR) is 89.8 cm³/mol. The van der Waals surface area contributed by atoms with Crippen molar-refractivity contribution in [2.45, 2.75) is 13.8 Å². The molecule has 0 aliphatic carbocycles. The van der Waals surface area contributed by atoms with Crippen LogP contribution in [0.15, 0.2) is 48.5 Å². The molecule has 0 atom stereocenters. The van der Waals surface area contributed by atoms with Crippen molar-refractivity contribution in [1.82, 2.24) is 9.97 Å². The molecule has 2 aromatic heterocycles. The van der Waals surface area contributed by atoms with E-state index in [4.69, 9.17) is 4.98 Å². The van der Waals surface area contributed by atoms with Crippen molar-refractivity contribution in [3.05, 3.63) is 59.8 Å². The van der Waals surface area contributed by atoms with Gasteiger partial charge in [-0.1, -0.05) is 12.1 Å².